The standard InChI is InChI=1S/C18H26BNO3/c1-12-7-8-13(19-22-16(2,3)17(4,5)23-19)14(11-12)20-15(21)18(6)9-10-18/h7-8,11H,9-10H2,1-6H3,(H,20,21). The number of carbonyl (C=O) groups excluding carboxylic acids is 1. The normalized spacial score (nSPS) is 23.7. The van der Waals surface area contributed by atoms with Crippen LogP contribution in [0.4, 0.5) is 5.69 Å². The first-order valence-corrected chi connectivity index (χ1v) is 8.32. The second kappa shape index (κ2) is 5.08. The van der Waals surface area contributed by atoms with Crippen LogP contribution in [0.5, 0.6) is 0 Å². The zero-order valence-corrected chi connectivity index (χ0v) is 14.9. The van der Waals surface area contributed by atoms with Crippen LogP contribution in [-0.4, -0.2) is 24.2 Å². The van der Waals surface area contributed by atoms with Gasteiger partial charge >= 0.3 is 7.12 Å². The van der Waals surface area contributed by atoms with Crippen molar-refractivity contribution in [3.8, 4) is 0 Å². The van der Waals surface area contributed by atoms with Crippen molar-refractivity contribution in [2.75, 3.05) is 5.32 Å². The smallest absolute Gasteiger partial charge is 0.399 e. The zero-order valence-electron chi connectivity index (χ0n) is 14.9. The highest BCUT2D eigenvalue weighted by Gasteiger charge is 2.52. The Balaban J connectivity index is 1.90. The van der Waals surface area contributed by atoms with Crippen LogP contribution in [0.3, 0.4) is 0 Å². The molecule has 23 heavy (non-hydrogen) atoms. The molecule has 0 aromatic heterocycles. The molecule has 1 N–H and O–H groups in total. The third kappa shape index (κ3) is 2.92. The summed E-state index contributed by atoms with van der Waals surface area (Å²) in [4.78, 5) is 12.4. The van der Waals surface area contributed by atoms with Crippen LogP contribution in [0.1, 0.15) is 53.0 Å². The Morgan fingerprint density at radius 2 is 1.65 bits per heavy atom. The van der Waals surface area contributed by atoms with Crippen LogP contribution in [0.25, 0.3) is 0 Å². The van der Waals surface area contributed by atoms with Gasteiger partial charge in [-0.2, -0.15) is 0 Å². The van der Waals surface area contributed by atoms with E-state index in [1.807, 2.05) is 59.7 Å². The number of amides is 1. The predicted molar refractivity (Wildman–Crippen MR) is 92.9 cm³/mol. The van der Waals surface area contributed by atoms with Gasteiger partial charge in [-0.3, -0.25) is 4.79 Å². The minimum atomic E-state index is -0.470. The molecule has 1 saturated heterocycles. The van der Waals surface area contributed by atoms with Crippen LogP contribution < -0.4 is 10.8 Å². The number of hydrogen-bond acceptors (Lipinski definition) is 3. The molecular formula is C18H26BNO3. The van der Waals surface area contributed by atoms with Crippen LogP contribution in [0, 0.1) is 12.3 Å². The van der Waals surface area contributed by atoms with E-state index in [0.29, 0.717) is 0 Å². The van der Waals surface area contributed by atoms with Gasteiger partial charge in [0.25, 0.3) is 0 Å². The molecule has 1 aliphatic heterocycles. The maximum atomic E-state index is 12.4. The van der Waals surface area contributed by atoms with Gasteiger partial charge in [0.1, 0.15) is 0 Å². The van der Waals surface area contributed by atoms with E-state index in [2.05, 4.69) is 5.32 Å². The summed E-state index contributed by atoms with van der Waals surface area (Å²) in [6.07, 6.45) is 1.91. The van der Waals surface area contributed by atoms with Gasteiger partial charge in [-0.05, 0) is 59.1 Å². The fourth-order valence-corrected chi connectivity index (χ4v) is 2.64. The molecule has 0 atom stereocenters. The van der Waals surface area contributed by atoms with Gasteiger partial charge in [0.05, 0.1) is 11.2 Å². The number of aryl methyl sites for hydroxylation is 1. The molecule has 0 bridgehead atoms. The molecule has 0 spiro atoms. The summed E-state index contributed by atoms with van der Waals surface area (Å²) in [5.41, 5.74) is 1.77. The Morgan fingerprint density at radius 3 is 2.17 bits per heavy atom. The Kier molecular flexibility index (Phi) is 3.65. The number of nitrogens with one attached hydrogen (secondary N) is 1. The van der Waals surface area contributed by atoms with Crippen molar-refractivity contribution in [1.82, 2.24) is 0 Å². The van der Waals surface area contributed by atoms with Gasteiger partial charge < -0.3 is 14.6 Å². The topological polar surface area (TPSA) is 47.6 Å². The summed E-state index contributed by atoms with van der Waals surface area (Å²) in [6, 6.07) is 6.00. The molecule has 2 aliphatic rings. The van der Waals surface area contributed by atoms with Crippen LogP contribution in [-0.2, 0) is 14.1 Å². The van der Waals surface area contributed by atoms with Gasteiger partial charge in [-0.1, -0.05) is 19.1 Å². The minimum Gasteiger partial charge on any atom is -0.399 e. The third-order valence-corrected chi connectivity index (χ3v) is 5.51. The van der Waals surface area contributed by atoms with Gasteiger partial charge in [0, 0.05) is 16.6 Å². The van der Waals surface area contributed by atoms with E-state index in [4.69, 9.17) is 9.31 Å². The van der Waals surface area contributed by atoms with E-state index < -0.39 is 18.3 Å². The molecule has 124 valence electrons. The molecule has 5 heteroatoms. The van der Waals surface area contributed by atoms with Crippen molar-refractivity contribution in [2.24, 2.45) is 5.41 Å². The molecular weight excluding hydrogens is 289 g/mol. The number of benzene rings is 1. The first-order valence-electron chi connectivity index (χ1n) is 8.32. The largest absolute Gasteiger partial charge is 0.496 e. The van der Waals surface area contributed by atoms with Crippen molar-refractivity contribution >= 4 is 24.2 Å². The second-order valence-electron chi connectivity index (χ2n) is 8.19. The highest BCUT2D eigenvalue weighted by Crippen LogP contribution is 2.45. The summed E-state index contributed by atoms with van der Waals surface area (Å²) in [5, 5.41) is 3.09. The molecule has 0 unspecified atom stereocenters. The van der Waals surface area contributed by atoms with E-state index in [-0.39, 0.29) is 11.3 Å². The lowest BCUT2D eigenvalue weighted by Crippen LogP contribution is -2.41. The maximum absolute atomic E-state index is 12.4. The molecule has 2 fully saturated rings. The lowest BCUT2D eigenvalue weighted by molar-refractivity contribution is -0.120. The van der Waals surface area contributed by atoms with Crippen molar-refractivity contribution in [3.05, 3.63) is 23.8 Å². The average molecular weight is 315 g/mol. The van der Waals surface area contributed by atoms with E-state index in [0.717, 1.165) is 29.6 Å². The quantitative estimate of drug-likeness (QED) is 0.872. The molecule has 3 rings (SSSR count). The molecule has 1 saturated carbocycles. The highest BCUT2D eigenvalue weighted by atomic mass is 16.7. The van der Waals surface area contributed by atoms with Crippen molar-refractivity contribution in [3.63, 3.8) is 0 Å². The molecule has 4 nitrogen and oxygen atoms in total. The fourth-order valence-electron chi connectivity index (χ4n) is 2.64. The Morgan fingerprint density at radius 1 is 1.09 bits per heavy atom. The van der Waals surface area contributed by atoms with E-state index >= 15 is 0 Å². The van der Waals surface area contributed by atoms with Crippen molar-refractivity contribution in [2.45, 2.75) is 65.6 Å². The average Bonchev–Trinajstić information content (AvgIpc) is 3.12. The van der Waals surface area contributed by atoms with E-state index in [1.54, 1.807) is 0 Å². The predicted octanol–water partition coefficient (Wildman–Crippen LogP) is 3.03. The Bertz CT molecular complexity index is 634. The summed E-state index contributed by atoms with van der Waals surface area (Å²) in [5.74, 6) is 0.0841. The van der Waals surface area contributed by atoms with Crippen molar-refractivity contribution in [1.29, 1.82) is 0 Å². The fraction of sp³-hybridized carbons (Fsp3) is 0.611. The number of hydrogen-bond donors (Lipinski definition) is 1. The van der Waals surface area contributed by atoms with Crippen LogP contribution >= 0.6 is 0 Å². The Hall–Kier alpha value is -1.33. The highest BCUT2D eigenvalue weighted by molar-refractivity contribution is 6.64. The molecule has 1 aromatic carbocycles. The number of carbonyl (C=O) groups is 1. The van der Waals surface area contributed by atoms with Gasteiger partial charge in [-0.25, -0.2) is 0 Å². The molecule has 1 aliphatic carbocycles. The Labute approximate surface area is 139 Å². The summed E-state index contributed by atoms with van der Waals surface area (Å²) in [6.45, 7) is 12.2. The second-order valence-corrected chi connectivity index (χ2v) is 8.19. The molecule has 1 heterocycles. The zero-order chi connectivity index (χ0) is 17.0. The summed E-state index contributed by atoms with van der Waals surface area (Å²) < 4.78 is 12.3. The van der Waals surface area contributed by atoms with E-state index in [1.165, 1.54) is 0 Å². The monoisotopic (exact) mass is 315 g/mol. The van der Waals surface area contributed by atoms with Crippen LogP contribution in [0.2, 0.25) is 0 Å². The van der Waals surface area contributed by atoms with E-state index in [9.17, 15) is 4.79 Å². The molecule has 1 amide bonds. The lowest BCUT2D eigenvalue weighted by atomic mass is 9.77. The summed E-state index contributed by atoms with van der Waals surface area (Å²) in [7, 11) is -0.470. The maximum Gasteiger partial charge on any atom is 0.496 e. The first-order chi connectivity index (χ1) is 10.5. The number of anilines is 1. The SMILES string of the molecule is Cc1ccc(B2OC(C)(C)C(C)(C)O2)c(NC(=O)C2(C)CC2)c1. The molecule has 1 aromatic rings. The van der Waals surface area contributed by atoms with Gasteiger partial charge in [0.15, 0.2) is 0 Å². The van der Waals surface area contributed by atoms with Crippen LogP contribution in [0.15, 0.2) is 18.2 Å². The third-order valence-electron chi connectivity index (χ3n) is 5.51. The molecule has 0 radical (unpaired) electrons. The van der Waals surface area contributed by atoms with Crippen molar-refractivity contribution < 1.29 is 14.1 Å². The van der Waals surface area contributed by atoms with Gasteiger partial charge in [-0.15, -0.1) is 0 Å². The summed E-state index contributed by atoms with van der Waals surface area (Å²) >= 11 is 0. The minimum absolute atomic E-state index is 0.0841. The lowest BCUT2D eigenvalue weighted by Gasteiger charge is -2.32. The number of rotatable bonds is 3. The van der Waals surface area contributed by atoms with Gasteiger partial charge in [0.2, 0.25) is 5.91 Å². The first kappa shape index (κ1) is 16.5.